The van der Waals surface area contributed by atoms with Gasteiger partial charge in [0.1, 0.15) is 17.3 Å². The molecule has 2 aromatic heterocycles. The molecule has 1 saturated heterocycles. The number of nitrogens with one attached hydrogen (secondary N) is 1. The van der Waals surface area contributed by atoms with Gasteiger partial charge >= 0.3 is 6.09 Å². The molecule has 1 atom stereocenters. The molecule has 4 rings (SSSR count). The minimum absolute atomic E-state index is 0.161. The van der Waals surface area contributed by atoms with Gasteiger partial charge in [-0.25, -0.2) is 18.6 Å². The number of carbonyl (C=O) groups excluding carboxylic acids is 1. The first-order valence-electron chi connectivity index (χ1n) is 11.2. The van der Waals surface area contributed by atoms with Gasteiger partial charge in [0.2, 0.25) is 0 Å². The van der Waals surface area contributed by atoms with Crippen LogP contribution in [0.4, 0.5) is 13.6 Å². The molecule has 0 radical (unpaired) electrons. The zero-order valence-electron chi connectivity index (χ0n) is 19.7. The molecule has 180 valence electrons. The molecule has 1 fully saturated rings. The summed E-state index contributed by atoms with van der Waals surface area (Å²) < 4.78 is 43.1. The van der Waals surface area contributed by atoms with Crippen LogP contribution in [0.3, 0.4) is 0 Å². The largest absolute Gasteiger partial charge is 0.453 e. The molecule has 0 spiro atoms. The molecule has 9 heteroatoms. The number of amides is 1. The van der Waals surface area contributed by atoms with Crippen LogP contribution in [0.1, 0.15) is 30.7 Å². The number of carbonyl (C=O) groups is 1. The summed E-state index contributed by atoms with van der Waals surface area (Å²) in [6.45, 7) is 6.56. The van der Waals surface area contributed by atoms with Gasteiger partial charge in [-0.15, -0.1) is 0 Å². The number of methoxy groups -OCH3 is 1. The van der Waals surface area contributed by atoms with Crippen molar-refractivity contribution in [3.63, 3.8) is 0 Å². The fraction of sp³-hybridized carbons (Fsp3) is 0.400. The van der Waals surface area contributed by atoms with Crippen LogP contribution in [0.15, 0.2) is 30.5 Å². The van der Waals surface area contributed by atoms with E-state index in [2.05, 4.69) is 4.98 Å². The van der Waals surface area contributed by atoms with Gasteiger partial charge < -0.3 is 24.2 Å². The molecule has 34 heavy (non-hydrogen) atoms. The lowest BCUT2D eigenvalue weighted by atomic mass is 9.96. The van der Waals surface area contributed by atoms with Gasteiger partial charge in [-0.3, -0.25) is 0 Å². The molecule has 3 aromatic rings. The van der Waals surface area contributed by atoms with E-state index in [1.54, 1.807) is 23.1 Å². The molecule has 0 saturated carbocycles. The zero-order chi connectivity index (χ0) is 24.6. The monoisotopic (exact) mass is 470 g/mol. The van der Waals surface area contributed by atoms with E-state index in [-0.39, 0.29) is 34.9 Å². The predicted octanol–water partition coefficient (Wildman–Crippen LogP) is 4.62. The Morgan fingerprint density at radius 3 is 2.65 bits per heavy atom. The number of morpholine rings is 1. The minimum Gasteiger partial charge on any atom is -0.453 e. The Balaban J connectivity index is 1.79. The van der Waals surface area contributed by atoms with Crippen LogP contribution in [0, 0.1) is 29.9 Å². The average Bonchev–Trinajstić information content (AvgIpc) is 3.14. The van der Waals surface area contributed by atoms with Crippen molar-refractivity contribution < 1.29 is 23.0 Å². The Hall–Kier alpha value is -3.33. The number of pyridine rings is 1. The van der Waals surface area contributed by atoms with E-state index in [1.165, 1.54) is 19.2 Å². The highest BCUT2D eigenvalue weighted by Gasteiger charge is 2.29. The van der Waals surface area contributed by atoms with E-state index in [1.807, 2.05) is 25.3 Å². The maximum Gasteiger partial charge on any atom is 0.409 e. The number of hydrogen-bond acceptors (Lipinski definition) is 5. The molecule has 7 nitrogen and oxygen atoms in total. The molecule has 0 aliphatic carbocycles. The van der Waals surface area contributed by atoms with E-state index in [4.69, 9.17) is 14.9 Å². The van der Waals surface area contributed by atoms with Crippen molar-refractivity contribution in [2.24, 2.45) is 5.92 Å². The SMILES string of the molecule is COC(=O)N1CCOC(Cc2c(-c3c(F)cc(C(=N)C(C)C)cc3F)nc3cc(C)ccn23)C1. The number of aryl methyl sites for hydroxylation is 1. The van der Waals surface area contributed by atoms with Crippen molar-refractivity contribution in [1.82, 2.24) is 14.3 Å². The Kier molecular flexibility index (Phi) is 6.65. The predicted molar refractivity (Wildman–Crippen MR) is 124 cm³/mol. The Bertz CT molecular complexity index is 1230. The fourth-order valence-corrected chi connectivity index (χ4v) is 4.23. The number of ether oxygens (including phenoxy) is 2. The molecule has 1 aromatic carbocycles. The second-order valence-corrected chi connectivity index (χ2v) is 8.84. The van der Waals surface area contributed by atoms with Crippen LogP contribution in [0.25, 0.3) is 16.9 Å². The van der Waals surface area contributed by atoms with Crippen LogP contribution in [-0.2, 0) is 15.9 Å². The van der Waals surface area contributed by atoms with Crippen LogP contribution >= 0.6 is 0 Å². The highest BCUT2D eigenvalue weighted by atomic mass is 19.1. The molecule has 1 aliphatic rings. The summed E-state index contributed by atoms with van der Waals surface area (Å²) in [7, 11) is 1.33. The number of fused-ring (bicyclic) bond motifs is 1. The average molecular weight is 471 g/mol. The van der Waals surface area contributed by atoms with Crippen molar-refractivity contribution in [2.45, 2.75) is 33.3 Å². The molecule has 1 amide bonds. The van der Waals surface area contributed by atoms with Gasteiger partial charge in [0.15, 0.2) is 0 Å². The molecular formula is C25H28F2N4O3. The molecule has 1 aliphatic heterocycles. The Labute approximate surface area is 196 Å². The second-order valence-electron chi connectivity index (χ2n) is 8.84. The number of benzene rings is 1. The first-order chi connectivity index (χ1) is 16.2. The van der Waals surface area contributed by atoms with Crippen molar-refractivity contribution >= 4 is 17.5 Å². The summed E-state index contributed by atoms with van der Waals surface area (Å²) >= 11 is 0. The van der Waals surface area contributed by atoms with Gasteiger partial charge in [-0.2, -0.15) is 0 Å². The van der Waals surface area contributed by atoms with Gasteiger partial charge in [0.25, 0.3) is 0 Å². The van der Waals surface area contributed by atoms with Crippen molar-refractivity contribution in [3.8, 4) is 11.3 Å². The summed E-state index contributed by atoms with van der Waals surface area (Å²) in [6, 6.07) is 6.12. The molecular weight excluding hydrogens is 442 g/mol. The number of imidazole rings is 1. The van der Waals surface area contributed by atoms with Crippen LogP contribution < -0.4 is 0 Å². The Morgan fingerprint density at radius 2 is 2.00 bits per heavy atom. The summed E-state index contributed by atoms with van der Waals surface area (Å²) in [5.74, 6) is -1.72. The van der Waals surface area contributed by atoms with Crippen molar-refractivity contribution in [2.75, 3.05) is 26.8 Å². The molecule has 1 N–H and O–H groups in total. The maximum atomic E-state index is 15.3. The third kappa shape index (κ3) is 4.52. The second kappa shape index (κ2) is 9.50. The van der Waals surface area contributed by atoms with E-state index in [9.17, 15) is 4.79 Å². The summed E-state index contributed by atoms with van der Waals surface area (Å²) in [6.07, 6.45) is 1.26. The first-order valence-corrected chi connectivity index (χ1v) is 11.2. The third-order valence-corrected chi connectivity index (χ3v) is 6.04. The normalized spacial score (nSPS) is 16.3. The van der Waals surface area contributed by atoms with Gasteiger partial charge in [0.05, 0.1) is 43.3 Å². The van der Waals surface area contributed by atoms with E-state index < -0.39 is 23.8 Å². The number of halogens is 2. The zero-order valence-corrected chi connectivity index (χ0v) is 19.7. The number of rotatable bonds is 5. The van der Waals surface area contributed by atoms with E-state index in [0.717, 1.165) is 5.56 Å². The molecule has 0 bridgehead atoms. The summed E-state index contributed by atoms with van der Waals surface area (Å²) in [5, 5.41) is 8.13. The number of nitrogens with zero attached hydrogens (tertiary/aromatic N) is 3. The molecule has 3 heterocycles. The van der Waals surface area contributed by atoms with E-state index >= 15 is 8.78 Å². The fourth-order valence-electron chi connectivity index (χ4n) is 4.23. The lowest BCUT2D eigenvalue weighted by molar-refractivity contribution is -0.0241. The van der Waals surface area contributed by atoms with Crippen molar-refractivity contribution in [3.05, 3.63) is 58.9 Å². The Morgan fingerprint density at radius 1 is 1.29 bits per heavy atom. The molecule has 1 unspecified atom stereocenters. The summed E-state index contributed by atoms with van der Waals surface area (Å²) in [5.41, 5.74) is 2.41. The highest BCUT2D eigenvalue weighted by Crippen LogP contribution is 2.32. The van der Waals surface area contributed by atoms with Crippen LogP contribution in [0.2, 0.25) is 0 Å². The first kappa shape index (κ1) is 23.8. The maximum absolute atomic E-state index is 15.3. The van der Waals surface area contributed by atoms with E-state index in [0.29, 0.717) is 31.0 Å². The third-order valence-electron chi connectivity index (χ3n) is 6.04. The summed E-state index contributed by atoms with van der Waals surface area (Å²) in [4.78, 5) is 18.1. The van der Waals surface area contributed by atoms with Crippen LogP contribution in [0.5, 0.6) is 0 Å². The lowest BCUT2D eigenvalue weighted by Crippen LogP contribution is -2.46. The smallest absolute Gasteiger partial charge is 0.409 e. The number of hydrogen-bond donors (Lipinski definition) is 1. The van der Waals surface area contributed by atoms with Gasteiger partial charge in [-0.05, 0) is 42.7 Å². The van der Waals surface area contributed by atoms with Gasteiger partial charge in [-0.1, -0.05) is 13.8 Å². The highest BCUT2D eigenvalue weighted by molar-refractivity contribution is 6.00. The number of aromatic nitrogens is 2. The van der Waals surface area contributed by atoms with Crippen LogP contribution in [-0.4, -0.2) is 59.0 Å². The van der Waals surface area contributed by atoms with Crippen molar-refractivity contribution in [1.29, 1.82) is 5.41 Å². The standard InChI is InChI=1S/C25H28F2N4O3/c1-14(2)23(28)16-10-18(26)22(19(27)11-16)24-20(31-6-5-15(3)9-21(31)29-24)12-17-13-30(7-8-34-17)25(32)33-4/h5-6,9-11,14,17,28H,7-8,12-13H2,1-4H3. The lowest BCUT2D eigenvalue weighted by Gasteiger charge is -2.32. The minimum atomic E-state index is -0.775. The quantitative estimate of drug-likeness (QED) is 0.552. The topological polar surface area (TPSA) is 79.9 Å². The van der Waals surface area contributed by atoms with Gasteiger partial charge in [0, 0.05) is 30.4 Å².